The van der Waals surface area contributed by atoms with Crippen LogP contribution in [0.5, 0.6) is 11.5 Å². The molecule has 0 radical (unpaired) electrons. The number of hydrogen-bond donors (Lipinski definition) is 1. The van der Waals surface area contributed by atoms with Crippen molar-refractivity contribution in [3.63, 3.8) is 0 Å². The molecule has 1 unspecified atom stereocenters. The molecular formula is C17H16O5. The van der Waals surface area contributed by atoms with Gasteiger partial charge in [0.2, 0.25) is 0 Å². The minimum atomic E-state index is -1.08. The van der Waals surface area contributed by atoms with Crippen LogP contribution in [0.15, 0.2) is 54.6 Å². The highest BCUT2D eigenvalue weighted by Crippen LogP contribution is 2.17. The van der Waals surface area contributed by atoms with E-state index in [1.165, 1.54) is 24.3 Å². The molecule has 2 rings (SSSR count). The molecule has 0 aromatic heterocycles. The minimum Gasteiger partial charge on any atom is -0.479 e. The molecule has 114 valence electrons. The van der Waals surface area contributed by atoms with Crippen LogP contribution in [-0.2, 0) is 4.79 Å². The second-order valence-electron chi connectivity index (χ2n) is 4.58. The van der Waals surface area contributed by atoms with E-state index in [-0.39, 0.29) is 11.3 Å². The number of carboxylic acid groups (broad SMARTS) is 1. The van der Waals surface area contributed by atoms with E-state index < -0.39 is 18.0 Å². The van der Waals surface area contributed by atoms with Gasteiger partial charge in [0.25, 0.3) is 0 Å². The van der Waals surface area contributed by atoms with Crippen LogP contribution in [0, 0.1) is 0 Å². The maximum atomic E-state index is 12.1. The van der Waals surface area contributed by atoms with Crippen molar-refractivity contribution in [3.05, 3.63) is 60.2 Å². The number of esters is 1. The fourth-order valence-electron chi connectivity index (χ4n) is 1.84. The number of rotatable bonds is 6. The molecule has 0 heterocycles. The molecule has 0 bridgehead atoms. The highest BCUT2D eigenvalue weighted by Gasteiger charge is 2.21. The van der Waals surface area contributed by atoms with E-state index in [1.807, 2.05) is 25.1 Å². The first-order chi connectivity index (χ1) is 10.6. The van der Waals surface area contributed by atoms with Gasteiger partial charge in [0.1, 0.15) is 11.5 Å². The summed E-state index contributed by atoms with van der Waals surface area (Å²) in [5.74, 6) is -0.884. The molecule has 0 saturated carbocycles. The number of aromatic carboxylic acids is 1. The summed E-state index contributed by atoms with van der Waals surface area (Å²) in [5, 5.41) is 8.93. The Morgan fingerprint density at radius 1 is 1.05 bits per heavy atom. The molecule has 1 N–H and O–H groups in total. The summed E-state index contributed by atoms with van der Waals surface area (Å²) in [6.07, 6.45) is -0.317. The van der Waals surface area contributed by atoms with Crippen molar-refractivity contribution in [2.24, 2.45) is 0 Å². The first kappa shape index (κ1) is 15.6. The normalized spacial score (nSPS) is 11.5. The van der Waals surface area contributed by atoms with Crippen molar-refractivity contribution < 1.29 is 24.2 Å². The van der Waals surface area contributed by atoms with E-state index in [0.29, 0.717) is 12.2 Å². The maximum absolute atomic E-state index is 12.1. The molecule has 2 aromatic carbocycles. The number of carbonyl (C=O) groups excluding carboxylic acids is 1. The van der Waals surface area contributed by atoms with Crippen LogP contribution >= 0.6 is 0 Å². The molecule has 0 amide bonds. The Morgan fingerprint density at radius 2 is 1.73 bits per heavy atom. The van der Waals surface area contributed by atoms with Crippen LogP contribution in [0.25, 0.3) is 0 Å². The molecule has 22 heavy (non-hydrogen) atoms. The minimum absolute atomic E-state index is 0.0577. The second kappa shape index (κ2) is 7.26. The van der Waals surface area contributed by atoms with Crippen LogP contribution in [0.1, 0.15) is 23.7 Å². The lowest BCUT2D eigenvalue weighted by atomic mass is 10.2. The van der Waals surface area contributed by atoms with Gasteiger partial charge in [-0.05, 0) is 36.8 Å². The van der Waals surface area contributed by atoms with Crippen molar-refractivity contribution in [3.8, 4) is 11.5 Å². The Balaban J connectivity index is 2.06. The van der Waals surface area contributed by atoms with Crippen molar-refractivity contribution >= 4 is 11.9 Å². The third-order valence-corrected chi connectivity index (χ3v) is 2.95. The molecule has 5 nitrogen and oxygen atoms in total. The first-order valence-corrected chi connectivity index (χ1v) is 6.87. The maximum Gasteiger partial charge on any atom is 0.352 e. The average Bonchev–Trinajstić information content (AvgIpc) is 2.53. The van der Waals surface area contributed by atoms with Gasteiger partial charge < -0.3 is 14.6 Å². The standard InChI is InChI=1S/C17H16O5/c1-2-15(21-13-8-4-3-5-9-13)17(20)22-14-10-6-7-12(11-14)16(18)19/h3-11,15H,2H2,1H3,(H,18,19). The summed E-state index contributed by atoms with van der Waals surface area (Å²) in [4.78, 5) is 23.0. The molecule has 0 aliphatic heterocycles. The molecule has 1 atom stereocenters. The van der Waals surface area contributed by atoms with Crippen LogP contribution in [0.3, 0.4) is 0 Å². The van der Waals surface area contributed by atoms with Crippen LogP contribution in [0.4, 0.5) is 0 Å². The van der Waals surface area contributed by atoms with E-state index in [9.17, 15) is 9.59 Å². The third kappa shape index (κ3) is 4.09. The number of hydrogen-bond acceptors (Lipinski definition) is 4. The monoisotopic (exact) mass is 300 g/mol. The van der Waals surface area contributed by atoms with E-state index in [1.54, 1.807) is 12.1 Å². The Bertz CT molecular complexity index is 651. The Hall–Kier alpha value is -2.82. The second-order valence-corrected chi connectivity index (χ2v) is 4.58. The molecule has 0 fully saturated rings. The van der Waals surface area contributed by atoms with Crippen molar-refractivity contribution in [1.82, 2.24) is 0 Å². The number of carbonyl (C=O) groups is 2. The van der Waals surface area contributed by atoms with E-state index >= 15 is 0 Å². The Kier molecular flexibility index (Phi) is 5.14. The average molecular weight is 300 g/mol. The van der Waals surface area contributed by atoms with Crippen LogP contribution in [0.2, 0.25) is 0 Å². The topological polar surface area (TPSA) is 72.8 Å². The number of benzene rings is 2. The van der Waals surface area contributed by atoms with Crippen LogP contribution in [-0.4, -0.2) is 23.1 Å². The summed E-state index contributed by atoms with van der Waals surface area (Å²) < 4.78 is 10.8. The quantitative estimate of drug-likeness (QED) is 0.655. The van der Waals surface area contributed by atoms with Gasteiger partial charge in [0.15, 0.2) is 6.10 Å². The van der Waals surface area contributed by atoms with E-state index in [2.05, 4.69) is 0 Å². The highest BCUT2D eigenvalue weighted by molar-refractivity contribution is 5.88. The molecule has 0 aliphatic rings. The largest absolute Gasteiger partial charge is 0.479 e. The summed E-state index contributed by atoms with van der Waals surface area (Å²) in [7, 11) is 0. The number of carboxylic acids is 1. The summed E-state index contributed by atoms with van der Waals surface area (Å²) in [5.41, 5.74) is 0.0577. The molecule has 0 aliphatic carbocycles. The lowest BCUT2D eigenvalue weighted by Crippen LogP contribution is -2.30. The molecule has 5 heteroatoms. The molecular weight excluding hydrogens is 284 g/mol. The lowest BCUT2D eigenvalue weighted by molar-refractivity contribution is -0.142. The molecule has 0 spiro atoms. The first-order valence-electron chi connectivity index (χ1n) is 6.87. The summed E-state index contributed by atoms with van der Waals surface area (Å²) >= 11 is 0. The van der Waals surface area contributed by atoms with Gasteiger partial charge in [-0.1, -0.05) is 31.2 Å². The van der Waals surface area contributed by atoms with Gasteiger partial charge >= 0.3 is 11.9 Å². The zero-order valence-electron chi connectivity index (χ0n) is 12.1. The van der Waals surface area contributed by atoms with Gasteiger partial charge in [0.05, 0.1) is 5.56 Å². The van der Waals surface area contributed by atoms with Gasteiger partial charge in [-0.15, -0.1) is 0 Å². The van der Waals surface area contributed by atoms with E-state index in [0.717, 1.165) is 0 Å². The predicted octanol–water partition coefficient (Wildman–Crippen LogP) is 3.15. The van der Waals surface area contributed by atoms with Crippen molar-refractivity contribution in [1.29, 1.82) is 0 Å². The number of ether oxygens (including phenoxy) is 2. The summed E-state index contributed by atoms with van der Waals surface area (Å²) in [6.45, 7) is 1.81. The zero-order valence-corrected chi connectivity index (χ0v) is 12.1. The van der Waals surface area contributed by atoms with Crippen molar-refractivity contribution in [2.75, 3.05) is 0 Å². The smallest absolute Gasteiger partial charge is 0.352 e. The molecule has 2 aromatic rings. The van der Waals surface area contributed by atoms with Gasteiger partial charge in [-0.25, -0.2) is 9.59 Å². The van der Waals surface area contributed by atoms with Crippen LogP contribution < -0.4 is 9.47 Å². The van der Waals surface area contributed by atoms with Crippen molar-refractivity contribution in [2.45, 2.75) is 19.4 Å². The fourth-order valence-corrected chi connectivity index (χ4v) is 1.84. The third-order valence-electron chi connectivity index (χ3n) is 2.95. The number of para-hydroxylation sites is 1. The SMILES string of the molecule is CCC(Oc1ccccc1)C(=O)Oc1cccc(C(=O)O)c1. The van der Waals surface area contributed by atoms with E-state index in [4.69, 9.17) is 14.6 Å². The molecule has 0 saturated heterocycles. The zero-order chi connectivity index (χ0) is 15.9. The highest BCUT2D eigenvalue weighted by atomic mass is 16.6. The van der Waals surface area contributed by atoms with Gasteiger partial charge in [-0.2, -0.15) is 0 Å². The van der Waals surface area contributed by atoms with Gasteiger partial charge in [-0.3, -0.25) is 0 Å². The lowest BCUT2D eigenvalue weighted by Gasteiger charge is -2.16. The Morgan fingerprint density at radius 3 is 2.36 bits per heavy atom. The fraction of sp³-hybridized carbons (Fsp3) is 0.176. The summed E-state index contributed by atoms with van der Waals surface area (Å²) in [6, 6.07) is 14.7. The predicted molar refractivity (Wildman–Crippen MR) is 80.2 cm³/mol. The van der Waals surface area contributed by atoms with Gasteiger partial charge in [0, 0.05) is 0 Å². The Labute approximate surface area is 128 Å².